The summed E-state index contributed by atoms with van der Waals surface area (Å²) in [7, 11) is 0. The van der Waals surface area contributed by atoms with Gasteiger partial charge in [0, 0.05) is 15.5 Å². The van der Waals surface area contributed by atoms with Crippen molar-refractivity contribution in [3.63, 3.8) is 0 Å². The smallest absolute Gasteiger partial charge is 0.239 e. The molecule has 0 radical (unpaired) electrons. The minimum atomic E-state index is -0.00250. The molecule has 0 aliphatic heterocycles. The van der Waals surface area contributed by atoms with E-state index in [1.54, 1.807) is 0 Å². The van der Waals surface area contributed by atoms with Crippen LogP contribution < -0.4 is 10.6 Å². The molecule has 0 saturated heterocycles. The van der Waals surface area contributed by atoms with E-state index in [0.29, 0.717) is 5.02 Å². The second kappa shape index (κ2) is 7.75. The maximum Gasteiger partial charge on any atom is 0.239 e. The number of aryl methyl sites for hydroxylation is 1. The third-order valence-corrected chi connectivity index (χ3v) is 4.10. The van der Waals surface area contributed by atoms with Gasteiger partial charge in [0.1, 0.15) is 0 Å². The number of carbonyl (C=O) groups is 1. The van der Waals surface area contributed by atoms with Crippen molar-refractivity contribution < 1.29 is 4.79 Å². The quantitative estimate of drug-likeness (QED) is 0.812. The molecule has 0 aromatic heterocycles. The first-order chi connectivity index (χ1) is 8.97. The lowest BCUT2D eigenvalue weighted by Crippen LogP contribution is -2.37. The van der Waals surface area contributed by atoms with Crippen LogP contribution in [0.25, 0.3) is 0 Å². The first kappa shape index (κ1) is 16.3. The number of hydrogen-bond acceptors (Lipinski definition) is 2. The molecule has 0 atom stereocenters. The highest BCUT2D eigenvalue weighted by Crippen LogP contribution is 2.28. The van der Waals surface area contributed by atoms with Crippen LogP contribution in [0.15, 0.2) is 16.6 Å². The molecule has 0 aliphatic rings. The van der Waals surface area contributed by atoms with Gasteiger partial charge in [0.25, 0.3) is 0 Å². The molecule has 0 heterocycles. The minimum Gasteiger partial charge on any atom is -0.375 e. The van der Waals surface area contributed by atoms with Gasteiger partial charge >= 0.3 is 0 Å². The molecule has 1 aromatic carbocycles. The van der Waals surface area contributed by atoms with Crippen LogP contribution in [0, 0.1) is 6.92 Å². The third kappa shape index (κ3) is 5.03. The fourth-order valence-electron chi connectivity index (χ4n) is 1.73. The maximum atomic E-state index is 11.8. The topological polar surface area (TPSA) is 41.1 Å². The zero-order valence-electron chi connectivity index (χ0n) is 11.5. The first-order valence-corrected chi connectivity index (χ1v) is 7.63. The number of benzene rings is 1. The predicted molar refractivity (Wildman–Crippen MR) is 84.9 cm³/mol. The molecule has 0 bridgehead atoms. The molecular weight excluding hydrogens is 328 g/mol. The summed E-state index contributed by atoms with van der Waals surface area (Å²) >= 11 is 9.53. The maximum absolute atomic E-state index is 11.8. The van der Waals surface area contributed by atoms with Gasteiger partial charge in [-0.3, -0.25) is 4.79 Å². The van der Waals surface area contributed by atoms with E-state index in [9.17, 15) is 4.79 Å². The second-order valence-electron chi connectivity index (χ2n) is 4.52. The SMILES string of the molecule is CCC(CC)NC(=O)CNc1cc(Cl)c(C)cc1Br. The number of halogens is 2. The van der Waals surface area contributed by atoms with Crippen LogP contribution in [-0.2, 0) is 4.79 Å². The number of rotatable bonds is 6. The van der Waals surface area contributed by atoms with Crippen LogP contribution in [0.3, 0.4) is 0 Å². The number of anilines is 1. The number of carbonyl (C=O) groups excluding carboxylic acids is 1. The monoisotopic (exact) mass is 346 g/mol. The standard InChI is InChI=1S/C14H20BrClN2O/c1-4-10(5-2)18-14(19)8-17-13-7-12(16)9(3)6-11(13)15/h6-7,10,17H,4-5,8H2,1-3H3,(H,18,19). The van der Waals surface area contributed by atoms with E-state index < -0.39 is 0 Å². The summed E-state index contributed by atoms with van der Waals surface area (Å²) in [5.74, 6) is -0.00250. The van der Waals surface area contributed by atoms with Crippen molar-refractivity contribution in [3.05, 3.63) is 27.2 Å². The average molecular weight is 348 g/mol. The Morgan fingerprint density at radius 1 is 1.37 bits per heavy atom. The Labute approximate surface area is 128 Å². The van der Waals surface area contributed by atoms with Gasteiger partial charge in [-0.2, -0.15) is 0 Å². The molecule has 1 aromatic rings. The zero-order chi connectivity index (χ0) is 14.4. The van der Waals surface area contributed by atoms with Crippen molar-refractivity contribution in [2.24, 2.45) is 0 Å². The van der Waals surface area contributed by atoms with E-state index in [1.165, 1.54) is 0 Å². The molecule has 0 unspecified atom stereocenters. The molecular formula is C14H20BrClN2O. The molecule has 2 N–H and O–H groups in total. The highest BCUT2D eigenvalue weighted by atomic mass is 79.9. The summed E-state index contributed by atoms with van der Waals surface area (Å²) in [6, 6.07) is 4.01. The molecule has 3 nitrogen and oxygen atoms in total. The molecule has 0 saturated carbocycles. The molecule has 106 valence electrons. The van der Waals surface area contributed by atoms with Crippen LogP contribution in [0.2, 0.25) is 5.02 Å². The van der Waals surface area contributed by atoms with Crippen LogP contribution in [0.4, 0.5) is 5.69 Å². The van der Waals surface area contributed by atoms with E-state index in [-0.39, 0.29) is 18.5 Å². The van der Waals surface area contributed by atoms with Crippen LogP contribution in [-0.4, -0.2) is 18.5 Å². The summed E-state index contributed by atoms with van der Waals surface area (Å²) in [4.78, 5) is 11.8. The molecule has 0 fully saturated rings. The normalized spacial score (nSPS) is 10.6. The van der Waals surface area contributed by atoms with Gasteiger partial charge in [0.15, 0.2) is 0 Å². The summed E-state index contributed by atoms with van der Waals surface area (Å²) in [5.41, 5.74) is 1.83. The van der Waals surface area contributed by atoms with Gasteiger partial charge in [-0.1, -0.05) is 25.4 Å². The lowest BCUT2D eigenvalue weighted by molar-refractivity contribution is -0.120. The summed E-state index contributed by atoms with van der Waals surface area (Å²) in [5, 5.41) is 6.76. The average Bonchev–Trinajstić information content (AvgIpc) is 2.38. The van der Waals surface area contributed by atoms with Crippen molar-refractivity contribution in [1.29, 1.82) is 0 Å². The summed E-state index contributed by atoms with van der Waals surface area (Å²) in [6.45, 7) is 6.32. The van der Waals surface area contributed by atoms with E-state index >= 15 is 0 Å². The summed E-state index contributed by atoms with van der Waals surface area (Å²) < 4.78 is 0.907. The van der Waals surface area contributed by atoms with Crippen molar-refractivity contribution >= 4 is 39.1 Å². The van der Waals surface area contributed by atoms with Gasteiger partial charge in [-0.05, 0) is 53.4 Å². The van der Waals surface area contributed by atoms with E-state index in [1.807, 2.05) is 19.1 Å². The van der Waals surface area contributed by atoms with E-state index in [4.69, 9.17) is 11.6 Å². The van der Waals surface area contributed by atoms with E-state index in [0.717, 1.165) is 28.6 Å². The van der Waals surface area contributed by atoms with Crippen molar-refractivity contribution in [1.82, 2.24) is 5.32 Å². The van der Waals surface area contributed by atoms with Gasteiger partial charge in [-0.25, -0.2) is 0 Å². The Morgan fingerprint density at radius 2 is 2.00 bits per heavy atom. The Kier molecular flexibility index (Phi) is 6.66. The lowest BCUT2D eigenvalue weighted by Gasteiger charge is -2.16. The second-order valence-corrected chi connectivity index (χ2v) is 5.78. The Bertz CT molecular complexity index is 447. The minimum absolute atomic E-state index is 0.00250. The number of nitrogens with one attached hydrogen (secondary N) is 2. The fraction of sp³-hybridized carbons (Fsp3) is 0.500. The highest BCUT2D eigenvalue weighted by Gasteiger charge is 2.09. The first-order valence-electron chi connectivity index (χ1n) is 6.46. The summed E-state index contributed by atoms with van der Waals surface area (Å²) in [6.07, 6.45) is 1.89. The number of amides is 1. The van der Waals surface area contributed by atoms with Crippen LogP contribution in [0.5, 0.6) is 0 Å². The molecule has 0 aliphatic carbocycles. The van der Waals surface area contributed by atoms with Crippen LogP contribution in [0.1, 0.15) is 32.3 Å². The molecule has 19 heavy (non-hydrogen) atoms. The van der Waals surface area contributed by atoms with Crippen molar-refractivity contribution in [2.45, 2.75) is 39.7 Å². The predicted octanol–water partition coefficient (Wildman–Crippen LogP) is 4.13. The van der Waals surface area contributed by atoms with Crippen molar-refractivity contribution in [2.75, 3.05) is 11.9 Å². The zero-order valence-corrected chi connectivity index (χ0v) is 13.9. The molecule has 5 heteroatoms. The van der Waals surface area contributed by atoms with E-state index in [2.05, 4.69) is 40.4 Å². The highest BCUT2D eigenvalue weighted by molar-refractivity contribution is 9.10. The Hall–Kier alpha value is -0.740. The van der Waals surface area contributed by atoms with Crippen LogP contribution >= 0.6 is 27.5 Å². The van der Waals surface area contributed by atoms with Gasteiger partial charge < -0.3 is 10.6 Å². The Balaban J connectivity index is 2.57. The molecule has 1 rings (SSSR count). The fourth-order valence-corrected chi connectivity index (χ4v) is 2.49. The molecule has 1 amide bonds. The third-order valence-electron chi connectivity index (χ3n) is 3.04. The number of hydrogen-bond donors (Lipinski definition) is 2. The van der Waals surface area contributed by atoms with Gasteiger partial charge in [0.05, 0.1) is 12.2 Å². The largest absolute Gasteiger partial charge is 0.375 e. The van der Waals surface area contributed by atoms with Crippen molar-refractivity contribution in [3.8, 4) is 0 Å². The lowest BCUT2D eigenvalue weighted by atomic mass is 10.2. The van der Waals surface area contributed by atoms with Gasteiger partial charge in [-0.15, -0.1) is 0 Å². The Morgan fingerprint density at radius 3 is 2.58 bits per heavy atom. The molecule has 0 spiro atoms. The van der Waals surface area contributed by atoms with Gasteiger partial charge in [0.2, 0.25) is 5.91 Å².